The fourth-order valence-electron chi connectivity index (χ4n) is 1.79. The molecule has 3 heterocycles. The van der Waals surface area contributed by atoms with Gasteiger partial charge >= 0.3 is 0 Å². The summed E-state index contributed by atoms with van der Waals surface area (Å²) in [6, 6.07) is 6.03. The monoisotopic (exact) mass is 224 g/mol. The van der Waals surface area contributed by atoms with Crippen LogP contribution in [0.15, 0.2) is 36.8 Å². The van der Waals surface area contributed by atoms with Crippen molar-refractivity contribution in [3.63, 3.8) is 0 Å². The molecule has 4 nitrogen and oxygen atoms in total. The molecule has 0 atom stereocenters. The van der Waals surface area contributed by atoms with Crippen LogP contribution < -0.4 is 0 Å². The third-order valence-electron chi connectivity index (χ3n) is 2.61. The number of rotatable bonds is 1. The van der Waals surface area contributed by atoms with Crippen LogP contribution in [0.3, 0.4) is 0 Å². The molecule has 84 valence electrons. The smallest absolute Gasteiger partial charge is 0.183 e. The van der Waals surface area contributed by atoms with Crippen LogP contribution in [0.4, 0.5) is 0 Å². The average molecular weight is 224 g/mol. The maximum atomic E-state index is 4.48. The zero-order chi connectivity index (χ0) is 11.8. The first-order valence-corrected chi connectivity index (χ1v) is 5.47. The Labute approximate surface area is 99.0 Å². The zero-order valence-electron chi connectivity index (χ0n) is 9.75. The highest BCUT2D eigenvalue weighted by molar-refractivity contribution is 5.57. The minimum atomic E-state index is 0.715. The summed E-state index contributed by atoms with van der Waals surface area (Å²) in [5.74, 6) is 0.715. The molecule has 17 heavy (non-hydrogen) atoms. The summed E-state index contributed by atoms with van der Waals surface area (Å²) in [7, 11) is 0. The Balaban J connectivity index is 2.18. The van der Waals surface area contributed by atoms with Gasteiger partial charge in [0.1, 0.15) is 0 Å². The minimum Gasteiger partial charge on any atom is -0.264 e. The molecule has 0 fully saturated rings. The summed E-state index contributed by atoms with van der Waals surface area (Å²) < 4.78 is 1.80. The summed E-state index contributed by atoms with van der Waals surface area (Å²) in [5.41, 5.74) is 4.08. The summed E-state index contributed by atoms with van der Waals surface area (Å²) in [5, 5.41) is 4.45. The van der Waals surface area contributed by atoms with E-state index in [1.54, 1.807) is 10.7 Å². The second-order valence-corrected chi connectivity index (χ2v) is 4.20. The lowest BCUT2D eigenvalue weighted by Gasteiger charge is -1.95. The number of hydrogen-bond donors (Lipinski definition) is 0. The molecule has 0 saturated carbocycles. The topological polar surface area (TPSA) is 43.1 Å². The van der Waals surface area contributed by atoms with Gasteiger partial charge in [0.15, 0.2) is 11.5 Å². The zero-order valence-corrected chi connectivity index (χ0v) is 9.75. The number of aryl methyl sites for hydroxylation is 2. The predicted octanol–water partition coefficient (Wildman–Crippen LogP) is 2.41. The number of nitrogens with zero attached hydrogens (tertiary/aromatic N) is 4. The molecule has 0 amide bonds. The summed E-state index contributed by atoms with van der Waals surface area (Å²) >= 11 is 0. The Hall–Kier alpha value is -2.23. The van der Waals surface area contributed by atoms with Crippen LogP contribution in [-0.4, -0.2) is 19.6 Å². The van der Waals surface area contributed by atoms with Crippen LogP contribution >= 0.6 is 0 Å². The van der Waals surface area contributed by atoms with E-state index < -0.39 is 0 Å². The molecule has 0 spiro atoms. The molecule has 0 saturated heterocycles. The van der Waals surface area contributed by atoms with Crippen LogP contribution in [0.5, 0.6) is 0 Å². The molecule has 0 aromatic carbocycles. The molecule has 0 radical (unpaired) electrons. The second-order valence-electron chi connectivity index (χ2n) is 4.20. The maximum Gasteiger partial charge on any atom is 0.183 e. The van der Waals surface area contributed by atoms with Crippen molar-refractivity contribution in [2.75, 3.05) is 0 Å². The van der Waals surface area contributed by atoms with Gasteiger partial charge in [-0.15, -0.1) is 5.10 Å². The van der Waals surface area contributed by atoms with Gasteiger partial charge in [-0.1, -0.05) is 6.07 Å². The molecule has 0 N–H and O–H groups in total. The highest BCUT2D eigenvalue weighted by atomic mass is 15.3. The van der Waals surface area contributed by atoms with Crippen molar-refractivity contribution < 1.29 is 0 Å². The lowest BCUT2D eigenvalue weighted by Crippen LogP contribution is -1.88. The van der Waals surface area contributed by atoms with Gasteiger partial charge in [-0.05, 0) is 37.1 Å². The van der Waals surface area contributed by atoms with Gasteiger partial charge in [0.2, 0.25) is 0 Å². The van der Waals surface area contributed by atoms with Crippen molar-refractivity contribution in [3.8, 4) is 11.4 Å². The van der Waals surface area contributed by atoms with E-state index in [9.17, 15) is 0 Å². The van der Waals surface area contributed by atoms with Gasteiger partial charge in [-0.2, -0.15) is 0 Å². The molecular weight excluding hydrogens is 212 g/mol. The molecule has 0 aliphatic carbocycles. The van der Waals surface area contributed by atoms with E-state index in [-0.39, 0.29) is 0 Å². The lowest BCUT2D eigenvalue weighted by molar-refractivity contribution is 0.955. The molecule has 3 aromatic heterocycles. The van der Waals surface area contributed by atoms with E-state index >= 15 is 0 Å². The van der Waals surface area contributed by atoms with E-state index in [4.69, 9.17) is 0 Å². The Kier molecular flexibility index (Phi) is 2.14. The molecule has 3 rings (SSSR count). The number of pyridine rings is 2. The van der Waals surface area contributed by atoms with Crippen LogP contribution in [0.25, 0.3) is 17.0 Å². The van der Waals surface area contributed by atoms with Crippen LogP contribution in [0.2, 0.25) is 0 Å². The molecule has 3 aromatic rings. The third kappa shape index (κ3) is 1.78. The van der Waals surface area contributed by atoms with Crippen LogP contribution in [0.1, 0.15) is 11.1 Å². The lowest BCUT2D eigenvalue weighted by atomic mass is 10.2. The largest absolute Gasteiger partial charge is 0.264 e. The third-order valence-corrected chi connectivity index (χ3v) is 2.61. The molecule has 0 unspecified atom stereocenters. The second kappa shape index (κ2) is 3.66. The molecule has 0 aliphatic rings. The van der Waals surface area contributed by atoms with E-state index in [0.717, 1.165) is 22.3 Å². The minimum absolute atomic E-state index is 0.715. The Morgan fingerprint density at radius 1 is 1.06 bits per heavy atom. The average Bonchev–Trinajstić information content (AvgIpc) is 2.72. The van der Waals surface area contributed by atoms with Gasteiger partial charge in [0.25, 0.3) is 0 Å². The van der Waals surface area contributed by atoms with Gasteiger partial charge in [0, 0.05) is 24.2 Å². The molecular formula is C13H12N4. The van der Waals surface area contributed by atoms with Gasteiger partial charge in [-0.25, -0.2) is 9.50 Å². The van der Waals surface area contributed by atoms with Gasteiger partial charge in [-0.3, -0.25) is 4.98 Å². The van der Waals surface area contributed by atoms with Crippen molar-refractivity contribution >= 4 is 5.65 Å². The Morgan fingerprint density at radius 2 is 1.94 bits per heavy atom. The number of fused-ring (bicyclic) bond motifs is 1. The first kappa shape index (κ1) is 9.96. The van der Waals surface area contributed by atoms with Crippen LogP contribution in [-0.2, 0) is 0 Å². The van der Waals surface area contributed by atoms with Gasteiger partial charge < -0.3 is 0 Å². The van der Waals surface area contributed by atoms with Crippen molar-refractivity contribution in [1.29, 1.82) is 0 Å². The van der Waals surface area contributed by atoms with Crippen molar-refractivity contribution in [1.82, 2.24) is 19.6 Å². The Bertz CT molecular complexity index is 685. The van der Waals surface area contributed by atoms with Crippen molar-refractivity contribution in [2.24, 2.45) is 0 Å². The van der Waals surface area contributed by atoms with E-state index in [2.05, 4.69) is 15.1 Å². The van der Waals surface area contributed by atoms with E-state index in [1.807, 2.05) is 44.4 Å². The highest BCUT2D eigenvalue weighted by Crippen LogP contribution is 2.16. The maximum absolute atomic E-state index is 4.48. The quantitative estimate of drug-likeness (QED) is 0.637. The standard InChI is InChI=1S/C13H12N4/c1-9-3-4-12-15-13(16-17(12)8-9)11-5-10(2)6-14-7-11/h3-8H,1-2H3. The van der Waals surface area contributed by atoms with E-state index in [1.165, 1.54) is 0 Å². The molecule has 4 heteroatoms. The highest BCUT2D eigenvalue weighted by Gasteiger charge is 2.06. The molecule has 0 bridgehead atoms. The SMILES string of the molecule is Cc1cncc(-c2nc3ccc(C)cn3n2)c1. The van der Waals surface area contributed by atoms with E-state index in [0.29, 0.717) is 5.82 Å². The van der Waals surface area contributed by atoms with Gasteiger partial charge in [0.05, 0.1) is 0 Å². The summed E-state index contributed by atoms with van der Waals surface area (Å²) in [6.07, 6.45) is 5.58. The predicted molar refractivity (Wildman–Crippen MR) is 65.7 cm³/mol. The van der Waals surface area contributed by atoms with Crippen molar-refractivity contribution in [2.45, 2.75) is 13.8 Å². The van der Waals surface area contributed by atoms with Crippen molar-refractivity contribution in [3.05, 3.63) is 47.9 Å². The number of hydrogen-bond acceptors (Lipinski definition) is 3. The fraction of sp³-hybridized carbons (Fsp3) is 0.154. The fourth-order valence-corrected chi connectivity index (χ4v) is 1.79. The summed E-state index contributed by atoms with van der Waals surface area (Å²) in [6.45, 7) is 4.05. The first-order chi connectivity index (χ1) is 8.22. The normalized spacial score (nSPS) is 10.9. The summed E-state index contributed by atoms with van der Waals surface area (Å²) in [4.78, 5) is 8.64. The van der Waals surface area contributed by atoms with Crippen LogP contribution in [0, 0.1) is 13.8 Å². The number of aromatic nitrogens is 4. The Morgan fingerprint density at radius 3 is 2.76 bits per heavy atom. The molecule has 0 aliphatic heterocycles. The first-order valence-electron chi connectivity index (χ1n) is 5.47.